The fourth-order valence-electron chi connectivity index (χ4n) is 0.795. The maximum atomic E-state index is 12.1. The molecule has 0 unspecified atom stereocenters. The highest BCUT2D eigenvalue weighted by Crippen LogP contribution is 3.02. The van der Waals surface area contributed by atoms with Gasteiger partial charge in [0.25, 0.3) is 0 Å². The molecule has 0 spiro atoms. The third-order valence-electron chi connectivity index (χ3n) is 1.47. The molecule has 0 N–H and O–H groups in total. The van der Waals surface area contributed by atoms with Crippen LogP contribution in [-0.4, -0.2) is 0 Å². The van der Waals surface area contributed by atoms with Crippen LogP contribution in [0, 0.1) is 6.92 Å². The van der Waals surface area contributed by atoms with Gasteiger partial charge in [-0.15, -0.1) is 0 Å². The van der Waals surface area contributed by atoms with Crippen molar-refractivity contribution in [1.29, 1.82) is 0 Å². The molecule has 0 atom stereocenters. The van der Waals surface area contributed by atoms with E-state index in [9.17, 15) is 19.4 Å². The number of rotatable bonds is 1. The Hall–Kier alpha value is -0.780. The van der Waals surface area contributed by atoms with E-state index in [1.54, 1.807) is 0 Å². The van der Waals surface area contributed by atoms with Gasteiger partial charge in [-0.05, 0) is 19.1 Å². The first kappa shape index (κ1) is 14.2. The third-order valence-corrected chi connectivity index (χ3v) is 2.63. The predicted molar refractivity (Wildman–Crippen MR) is 53.9 cm³/mol. The zero-order chi connectivity index (χ0) is 12.4. The van der Waals surface area contributed by atoms with Crippen molar-refractivity contribution in [2.45, 2.75) is 25.7 Å². The Bertz CT molecular complexity index is 322. The Labute approximate surface area is 85.8 Å². The first-order valence-electron chi connectivity index (χ1n) is 4.30. The summed E-state index contributed by atoms with van der Waals surface area (Å²) in [4.78, 5) is -1.84. The van der Waals surface area contributed by atoms with Gasteiger partial charge in [-0.3, -0.25) is 0 Å². The molecule has 0 fully saturated rings. The Balaban J connectivity index is 0.000000921. The van der Waals surface area contributed by atoms with Crippen LogP contribution in [0.5, 0.6) is 0 Å². The second kappa shape index (κ2) is 3.37. The zero-order valence-corrected chi connectivity index (χ0v) is 9.42. The highest BCUT2D eigenvalue weighted by atomic mass is 32.5. The molecule has 0 saturated heterocycles. The Kier molecular flexibility index (Phi) is 3.19. The average Bonchev–Trinajstić information content (AvgIpc) is 2.04. The second-order valence-electron chi connectivity index (χ2n) is 2.78. The minimum Gasteiger partial charge on any atom is -0.0936 e. The topological polar surface area (TPSA) is 0 Å². The molecule has 15 heavy (non-hydrogen) atoms. The van der Waals surface area contributed by atoms with Crippen LogP contribution in [0.3, 0.4) is 0 Å². The number of aryl methyl sites for hydroxylation is 1. The maximum absolute atomic E-state index is 12.1. The molecule has 0 aliphatic carbocycles. The van der Waals surface area contributed by atoms with Crippen LogP contribution >= 0.6 is 10.2 Å². The van der Waals surface area contributed by atoms with E-state index in [1.165, 1.54) is 6.92 Å². The van der Waals surface area contributed by atoms with Gasteiger partial charge in [0.15, 0.2) is 0 Å². The molecule has 0 amide bonds. The average molecular weight is 248 g/mol. The van der Waals surface area contributed by atoms with Gasteiger partial charge in [0.1, 0.15) is 4.90 Å². The van der Waals surface area contributed by atoms with Crippen molar-refractivity contribution in [1.82, 2.24) is 0 Å². The van der Waals surface area contributed by atoms with E-state index in [4.69, 9.17) is 0 Å². The molecule has 1 aromatic rings. The molecule has 0 aliphatic heterocycles. The van der Waals surface area contributed by atoms with E-state index in [0.29, 0.717) is 17.7 Å². The second-order valence-corrected chi connectivity index (χ2v) is 5.19. The van der Waals surface area contributed by atoms with Gasteiger partial charge >= 0.3 is 10.2 Å². The molecule has 1 rings (SSSR count). The first-order valence-corrected chi connectivity index (χ1v) is 6.25. The molecule has 0 heterocycles. The highest BCUT2D eigenvalue weighted by molar-refractivity contribution is 8.45. The Morgan fingerprint density at radius 2 is 1.13 bits per heavy atom. The minimum atomic E-state index is -9.45. The normalized spacial score (nSPS) is 15.7. The molecular formula is C9H13F5S. The lowest BCUT2D eigenvalue weighted by Crippen LogP contribution is -2.05. The molecule has 90 valence electrons. The quantitative estimate of drug-likeness (QED) is 0.561. The smallest absolute Gasteiger partial charge is 0.0936 e. The van der Waals surface area contributed by atoms with Gasteiger partial charge in [-0.2, -0.15) is 0 Å². The van der Waals surface area contributed by atoms with Gasteiger partial charge in [0.05, 0.1) is 0 Å². The third kappa shape index (κ3) is 4.51. The predicted octanol–water partition coefficient (Wildman–Crippen LogP) is 5.68. The van der Waals surface area contributed by atoms with Crippen molar-refractivity contribution in [3.8, 4) is 0 Å². The van der Waals surface area contributed by atoms with Crippen LogP contribution in [0.4, 0.5) is 19.4 Å². The highest BCUT2D eigenvalue weighted by Gasteiger charge is 2.65. The molecule has 0 nitrogen and oxygen atoms in total. The van der Waals surface area contributed by atoms with Gasteiger partial charge in [-0.1, -0.05) is 51.0 Å². The Morgan fingerprint density at radius 1 is 0.800 bits per heavy atom. The van der Waals surface area contributed by atoms with Gasteiger partial charge in [-0.25, -0.2) is 0 Å². The van der Waals surface area contributed by atoms with Crippen molar-refractivity contribution in [2.24, 2.45) is 0 Å². The molecule has 6 heteroatoms. The lowest BCUT2D eigenvalue weighted by molar-refractivity contribution is 0.364. The van der Waals surface area contributed by atoms with Crippen LogP contribution < -0.4 is 0 Å². The van der Waals surface area contributed by atoms with E-state index in [1.807, 2.05) is 13.8 Å². The first-order chi connectivity index (χ1) is 6.49. The summed E-state index contributed by atoms with van der Waals surface area (Å²) < 4.78 is 60.4. The standard InChI is InChI=1S/C7H7F5S.C2H6/c1-6-2-4-7(5-3-6)13(8,9,10,11)12;1-2/h2-5H,1H3;1-2H3. The van der Waals surface area contributed by atoms with Crippen LogP contribution in [0.25, 0.3) is 0 Å². The lowest BCUT2D eigenvalue weighted by Gasteiger charge is -2.40. The molecule has 0 saturated carbocycles. The summed E-state index contributed by atoms with van der Waals surface area (Å²) in [7, 11) is -9.45. The lowest BCUT2D eigenvalue weighted by atomic mass is 10.2. The Morgan fingerprint density at radius 3 is 1.40 bits per heavy atom. The molecule has 1 aromatic carbocycles. The zero-order valence-electron chi connectivity index (χ0n) is 8.61. The largest absolute Gasteiger partial charge is 0.310 e. The SMILES string of the molecule is CC.Cc1ccc(S(F)(F)(F)(F)F)cc1. The van der Waals surface area contributed by atoms with E-state index in [-0.39, 0.29) is 0 Å². The molecule has 0 aliphatic rings. The summed E-state index contributed by atoms with van der Waals surface area (Å²) in [5, 5.41) is 0. The summed E-state index contributed by atoms with van der Waals surface area (Å²) in [6.07, 6.45) is 0. The number of halogens is 5. The fraction of sp³-hybridized carbons (Fsp3) is 0.333. The van der Waals surface area contributed by atoms with Crippen molar-refractivity contribution < 1.29 is 19.4 Å². The number of hydrogen-bond donors (Lipinski definition) is 0. The fourth-order valence-corrected chi connectivity index (χ4v) is 1.45. The van der Waals surface area contributed by atoms with Crippen LogP contribution in [0.1, 0.15) is 19.4 Å². The summed E-state index contributed by atoms with van der Waals surface area (Å²) in [6.45, 7) is 5.52. The minimum absolute atomic E-state index is 0.400. The molecule has 0 radical (unpaired) electrons. The summed E-state index contributed by atoms with van der Waals surface area (Å²) in [5.41, 5.74) is 0.505. The van der Waals surface area contributed by atoms with Crippen LogP contribution in [0.15, 0.2) is 29.2 Å². The van der Waals surface area contributed by atoms with Gasteiger partial charge in [0, 0.05) is 0 Å². The van der Waals surface area contributed by atoms with E-state index >= 15 is 0 Å². The summed E-state index contributed by atoms with van der Waals surface area (Å²) in [6, 6.07) is 2.81. The van der Waals surface area contributed by atoms with Crippen molar-refractivity contribution >= 4 is 10.2 Å². The summed E-state index contributed by atoms with van der Waals surface area (Å²) >= 11 is 0. The van der Waals surface area contributed by atoms with Crippen LogP contribution in [-0.2, 0) is 0 Å². The molecular weight excluding hydrogens is 235 g/mol. The van der Waals surface area contributed by atoms with Crippen molar-refractivity contribution in [2.75, 3.05) is 0 Å². The molecule has 0 bridgehead atoms. The number of benzene rings is 1. The van der Waals surface area contributed by atoms with Crippen molar-refractivity contribution in [3.63, 3.8) is 0 Å². The summed E-state index contributed by atoms with van der Waals surface area (Å²) in [5.74, 6) is 0. The van der Waals surface area contributed by atoms with Crippen molar-refractivity contribution in [3.05, 3.63) is 29.8 Å². The van der Waals surface area contributed by atoms with E-state index in [2.05, 4.69) is 0 Å². The molecule has 0 aromatic heterocycles. The van der Waals surface area contributed by atoms with Gasteiger partial charge < -0.3 is 0 Å². The van der Waals surface area contributed by atoms with E-state index < -0.39 is 15.1 Å². The van der Waals surface area contributed by atoms with Gasteiger partial charge in [0.2, 0.25) is 0 Å². The van der Waals surface area contributed by atoms with E-state index in [0.717, 1.165) is 12.1 Å². The monoisotopic (exact) mass is 248 g/mol. The van der Waals surface area contributed by atoms with Crippen LogP contribution in [0.2, 0.25) is 0 Å². The maximum Gasteiger partial charge on any atom is 0.310 e. The number of hydrogen-bond acceptors (Lipinski definition) is 0.